The third-order valence-corrected chi connectivity index (χ3v) is 8.17. The summed E-state index contributed by atoms with van der Waals surface area (Å²) in [5.41, 5.74) is 2.67. The molecule has 2 saturated heterocycles. The van der Waals surface area contributed by atoms with Crippen LogP contribution in [0.25, 0.3) is 11.1 Å². The minimum absolute atomic E-state index is 0.00661. The number of rotatable bonds is 3. The zero-order chi connectivity index (χ0) is 28.1. The lowest BCUT2D eigenvalue weighted by Gasteiger charge is -2.43. The molecule has 208 valence electrons. The second kappa shape index (κ2) is 10.4. The van der Waals surface area contributed by atoms with Gasteiger partial charge in [0, 0.05) is 31.1 Å². The van der Waals surface area contributed by atoms with E-state index in [0.717, 1.165) is 31.5 Å². The van der Waals surface area contributed by atoms with Gasteiger partial charge in [0.15, 0.2) is 0 Å². The van der Waals surface area contributed by atoms with E-state index in [1.165, 1.54) is 6.07 Å². The Hall–Kier alpha value is -3.26. The summed E-state index contributed by atoms with van der Waals surface area (Å²) in [6.45, 7) is 10.5. The standard InChI is InChI=1S/C31H39FN4O3/c1-20-6-8-23(25(32)16-20)21-7-9-26-24(17-21)29(38)35-15-14-34(28(37)18-31(2,3)4)19-27(35)30(39)36(26)22-10-12-33(5)13-11-22/h6-9,16-17,22,27H,10-15,18-19H2,1-5H3. The minimum Gasteiger partial charge on any atom is -0.338 e. The van der Waals surface area contributed by atoms with Gasteiger partial charge in [-0.25, -0.2) is 4.39 Å². The van der Waals surface area contributed by atoms with Gasteiger partial charge in [0.05, 0.1) is 17.8 Å². The summed E-state index contributed by atoms with van der Waals surface area (Å²) in [4.78, 5) is 48.9. The molecule has 0 spiro atoms. The van der Waals surface area contributed by atoms with Crippen molar-refractivity contribution >= 4 is 23.4 Å². The fourth-order valence-corrected chi connectivity index (χ4v) is 6.03. The molecule has 0 aromatic heterocycles. The normalized spacial score (nSPS) is 21.1. The number of anilines is 1. The number of piperazine rings is 1. The molecule has 5 rings (SSSR count). The lowest BCUT2D eigenvalue weighted by Crippen LogP contribution is -2.62. The Bertz CT molecular complexity index is 1300. The molecule has 0 saturated carbocycles. The van der Waals surface area contributed by atoms with Crippen LogP contribution in [0.4, 0.5) is 10.1 Å². The van der Waals surface area contributed by atoms with Crippen molar-refractivity contribution in [3.8, 4) is 11.1 Å². The zero-order valence-corrected chi connectivity index (χ0v) is 23.7. The number of halogens is 1. The molecule has 3 aliphatic heterocycles. The zero-order valence-electron chi connectivity index (χ0n) is 23.7. The average molecular weight is 535 g/mol. The van der Waals surface area contributed by atoms with Crippen LogP contribution in [0.15, 0.2) is 36.4 Å². The topological polar surface area (TPSA) is 64.2 Å². The summed E-state index contributed by atoms with van der Waals surface area (Å²) >= 11 is 0. The summed E-state index contributed by atoms with van der Waals surface area (Å²) in [6.07, 6.45) is 1.97. The first-order valence-corrected chi connectivity index (χ1v) is 13.9. The van der Waals surface area contributed by atoms with Gasteiger partial charge in [-0.1, -0.05) is 39.0 Å². The second-order valence-corrected chi connectivity index (χ2v) is 12.5. The molecule has 1 atom stereocenters. The molecule has 3 aliphatic rings. The molecular weight excluding hydrogens is 495 g/mol. The van der Waals surface area contributed by atoms with Gasteiger partial charge in [-0.15, -0.1) is 0 Å². The highest BCUT2D eigenvalue weighted by molar-refractivity contribution is 6.12. The van der Waals surface area contributed by atoms with Crippen molar-refractivity contribution < 1.29 is 18.8 Å². The first-order valence-electron chi connectivity index (χ1n) is 13.9. The molecule has 0 bridgehead atoms. The fourth-order valence-electron chi connectivity index (χ4n) is 6.03. The monoisotopic (exact) mass is 534 g/mol. The minimum atomic E-state index is -0.748. The van der Waals surface area contributed by atoms with Crippen molar-refractivity contribution in [2.45, 2.75) is 59.0 Å². The van der Waals surface area contributed by atoms with Crippen LogP contribution in [0, 0.1) is 18.2 Å². The van der Waals surface area contributed by atoms with Gasteiger partial charge in [-0.3, -0.25) is 14.4 Å². The molecule has 1 unspecified atom stereocenters. The summed E-state index contributed by atoms with van der Waals surface area (Å²) in [5.74, 6) is -0.717. The molecule has 39 heavy (non-hydrogen) atoms. The number of carbonyl (C=O) groups excluding carboxylic acids is 3. The number of carbonyl (C=O) groups is 3. The van der Waals surface area contributed by atoms with E-state index in [0.29, 0.717) is 35.3 Å². The number of aryl methyl sites for hydroxylation is 1. The summed E-state index contributed by atoms with van der Waals surface area (Å²) in [5, 5.41) is 0. The average Bonchev–Trinajstić information content (AvgIpc) is 2.96. The number of likely N-dealkylation sites (tertiary alicyclic amines) is 1. The maximum Gasteiger partial charge on any atom is 0.256 e. The van der Waals surface area contributed by atoms with Gasteiger partial charge < -0.3 is 19.6 Å². The Kier molecular flexibility index (Phi) is 7.27. The fraction of sp³-hybridized carbons (Fsp3) is 0.516. The number of fused-ring (bicyclic) bond motifs is 2. The van der Waals surface area contributed by atoms with Gasteiger partial charge in [0.2, 0.25) is 5.91 Å². The molecule has 2 aromatic carbocycles. The molecule has 3 amide bonds. The maximum absolute atomic E-state index is 14.9. The number of piperidine rings is 1. The van der Waals surface area contributed by atoms with Crippen LogP contribution in [0.5, 0.6) is 0 Å². The Morgan fingerprint density at radius 3 is 2.36 bits per heavy atom. The second-order valence-electron chi connectivity index (χ2n) is 12.5. The van der Waals surface area contributed by atoms with E-state index in [4.69, 9.17) is 0 Å². The molecule has 2 fully saturated rings. The Morgan fingerprint density at radius 2 is 1.69 bits per heavy atom. The van der Waals surface area contributed by atoms with Crippen LogP contribution < -0.4 is 4.90 Å². The SMILES string of the molecule is Cc1ccc(-c2ccc3c(c2)C(=O)N2CCN(C(=O)CC(C)(C)C)CC2C(=O)N3C2CCN(C)CC2)c(F)c1. The molecule has 3 heterocycles. The summed E-state index contributed by atoms with van der Waals surface area (Å²) in [7, 11) is 2.07. The number of benzene rings is 2. The highest BCUT2D eigenvalue weighted by Gasteiger charge is 2.45. The molecule has 8 heteroatoms. The van der Waals surface area contributed by atoms with Gasteiger partial charge in [-0.05, 0) is 74.6 Å². The third-order valence-electron chi connectivity index (χ3n) is 8.17. The number of nitrogens with zero attached hydrogens (tertiary/aromatic N) is 4. The van der Waals surface area contributed by atoms with Gasteiger partial charge in [0.1, 0.15) is 11.9 Å². The van der Waals surface area contributed by atoms with Gasteiger partial charge >= 0.3 is 0 Å². The highest BCUT2D eigenvalue weighted by atomic mass is 19.1. The molecule has 2 aromatic rings. The number of amides is 3. The molecular formula is C31H39FN4O3. The third kappa shape index (κ3) is 5.44. The largest absolute Gasteiger partial charge is 0.338 e. The van der Waals surface area contributed by atoms with Crippen LogP contribution in [0.2, 0.25) is 0 Å². The maximum atomic E-state index is 14.9. The van der Waals surface area contributed by atoms with E-state index in [2.05, 4.69) is 11.9 Å². The predicted molar refractivity (Wildman–Crippen MR) is 150 cm³/mol. The lowest BCUT2D eigenvalue weighted by atomic mass is 9.91. The number of hydrogen-bond acceptors (Lipinski definition) is 4. The van der Waals surface area contributed by atoms with E-state index >= 15 is 0 Å². The van der Waals surface area contributed by atoms with Crippen molar-refractivity contribution in [1.82, 2.24) is 14.7 Å². The van der Waals surface area contributed by atoms with Crippen LogP contribution in [-0.4, -0.2) is 84.3 Å². The lowest BCUT2D eigenvalue weighted by molar-refractivity contribution is -0.138. The number of hydrogen-bond donors (Lipinski definition) is 0. The van der Waals surface area contributed by atoms with Crippen LogP contribution in [0.3, 0.4) is 0 Å². The Balaban J connectivity index is 1.55. The summed E-state index contributed by atoms with van der Waals surface area (Å²) in [6, 6.07) is 9.61. The summed E-state index contributed by atoms with van der Waals surface area (Å²) < 4.78 is 14.9. The van der Waals surface area contributed by atoms with Gasteiger partial charge in [-0.2, -0.15) is 0 Å². The van der Waals surface area contributed by atoms with Crippen molar-refractivity contribution in [2.24, 2.45) is 5.41 Å². The van der Waals surface area contributed by atoms with Crippen molar-refractivity contribution in [3.05, 3.63) is 53.3 Å². The van der Waals surface area contributed by atoms with Crippen LogP contribution >= 0.6 is 0 Å². The Morgan fingerprint density at radius 1 is 0.974 bits per heavy atom. The molecule has 7 nitrogen and oxygen atoms in total. The van der Waals surface area contributed by atoms with Gasteiger partial charge in [0.25, 0.3) is 11.8 Å². The van der Waals surface area contributed by atoms with Crippen molar-refractivity contribution in [3.63, 3.8) is 0 Å². The van der Waals surface area contributed by atoms with E-state index in [-0.39, 0.29) is 48.1 Å². The van der Waals surface area contributed by atoms with Crippen LogP contribution in [0.1, 0.15) is 56.0 Å². The smallest absolute Gasteiger partial charge is 0.256 e. The van der Waals surface area contributed by atoms with E-state index < -0.39 is 6.04 Å². The van der Waals surface area contributed by atoms with Crippen molar-refractivity contribution in [2.75, 3.05) is 44.7 Å². The van der Waals surface area contributed by atoms with Crippen molar-refractivity contribution in [1.29, 1.82) is 0 Å². The molecule has 0 aliphatic carbocycles. The van der Waals surface area contributed by atoms with E-state index in [1.54, 1.807) is 34.1 Å². The first kappa shape index (κ1) is 27.3. The predicted octanol–water partition coefficient (Wildman–Crippen LogP) is 4.33. The van der Waals surface area contributed by atoms with E-state index in [9.17, 15) is 18.8 Å². The Labute approximate surface area is 230 Å². The highest BCUT2D eigenvalue weighted by Crippen LogP contribution is 2.37. The first-order chi connectivity index (χ1) is 18.4. The molecule has 0 N–H and O–H groups in total. The van der Waals surface area contributed by atoms with E-state index in [1.807, 2.05) is 38.7 Å². The molecule has 0 radical (unpaired) electrons. The van der Waals surface area contributed by atoms with Crippen LogP contribution in [-0.2, 0) is 9.59 Å². The quantitative estimate of drug-likeness (QED) is 0.588.